The van der Waals surface area contributed by atoms with Crippen LogP contribution in [0.1, 0.15) is 5.82 Å². The summed E-state index contributed by atoms with van der Waals surface area (Å²) in [5.41, 5.74) is 1.91. The molecule has 0 spiro atoms. The minimum absolute atomic E-state index is 0.259. The average Bonchev–Trinajstić information content (AvgIpc) is 3.17. The van der Waals surface area contributed by atoms with Gasteiger partial charge in [-0.2, -0.15) is 4.31 Å². The summed E-state index contributed by atoms with van der Waals surface area (Å²) in [6.07, 6.45) is 0. The number of benzene rings is 2. The van der Waals surface area contributed by atoms with Crippen LogP contribution < -0.4 is 0 Å². The first-order chi connectivity index (χ1) is 15.2. The van der Waals surface area contributed by atoms with Crippen LogP contribution in [-0.2, 0) is 26.2 Å². The first kappa shape index (κ1) is 23.3. The number of aromatic nitrogens is 2. The van der Waals surface area contributed by atoms with Crippen molar-refractivity contribution in [3.63, 3.8) is 0 Å². The number of fused-ring (bicyclic) bond motifs is 1. The van der Waals surface area contributed by atoms with Crippen LogP contribution >= 0.6 is 0 Å². The Hall–Kier alpha value is -3.35. The number of H-pyrrole nitrogens is 1. The predicted octanol–water partition coefficient (Wildman–Crippen LogP) is 1.36. The highest BCUT2D eigenvalue weighted by atomic mass is 32.2. The standard InChI is InChI=1S/C18H19FN4O2S.C2H2O4/c19-14-5-1-4-8-17(14)26(24,25)23-11-9-22(10-12-23)13-18-20-15-6-2-3-7-16(15)21-18;3-1(4)2(5)6/h1-8H,9-13H2,(H,20,21);(H,3,4)(H,5,6). The zero-order valence-corrected chi connectivity index (χ0v) is 17.6. The van der Waals surface area contributed by atoms with E-state index in [1.54, 1.807) is 0 Å². The second kappa shape index (κ2) is 9.85. The highest BCUT2D eigenvalue weighted by Crippen LogP contribution is 2.21. The Kier molecular flexibility index (Phi) is 7.18. The largest absolute Gasteiger partial charge is 0.473 e. The molecule has 1 fully saturated rings. The van der Waals surface area contributed by atoms with Crippen LogP contribution in [0.25, 0.3) is 11.0 Å². The van der Waals surface area contributed by atoms with Crippen LogP contribution in [0.15, 0.2) is 53.4 Å². The molecule has 2 heterocycles. The molecule has 0 amide bonds. The molecule has 0 atom stereocenters. The number of hydrogen-bond donors (Lipinski definition) is 3. The molecule has 3 N–H and O–H groups in total. The summed E-state index contributed by atoms with van der Waals surface area (Å²) in [4.78, 5) is 27.9. The van der Waals surface area contributed by atoms with Crippen molar-refractivity contribution in [2.24, 2.45) is 0 Å². The first-order valence-corrected chi connectivity index (χ1v) is 11.0. The van der Waals surface area contributed by atoms with Crippen molar-refractivity contribution in [2.45, 2.75) is 11.4 Å². The van der Waals surface area contributed by atoms with Gasteiger partial charge >= 0.3 is 11.9 Å². The molecule has 0 radical (unpaired) electrons. The summed E-state index contributed by atoms with van der Waals surface area (Å²) in [5, 5.41) is 14.8. The number of sulfonamides is 1. The maximum atomic E-state index is 13.9. The van der Waals surface area contributed by atoms with Crippen molar-refractivity contribution in [3.05, 3.63) is 60.2 Å². The van der Waals surface area contributed by atoms with E-state index in [1.165, 1.54) is 28.6 Å². The highest BCUT2D eigenvalue weighted by molar-refractivity contribution is 7.89. The molecular formula is C20H21FN4O6S. The molecular weight excluding hydrogens is 443 g/mol. The lowest BCUT2D eigenvalue weighted by atomic mass is 10.3. The van der Waals surface area contributed by atoms with Gasteiger partial charge in [-0.1, -0.05) is 24.3 Å². The Bertz CT molecular complexity index is 1180. The van der Waals surface area contributed by atoms with Gasteiger partial charge in [0, 0.05) is 26.2 Å². The molecule has 0 bridgehead atoms. The summed E-state index contributed by atoms with van der Waals surface area (Å²) < 4.78 is 40.5. The van der Waals surface area contributed by atoms with Crippen molar-refractivity contribution >= 4 is 33.0 Å². The van der Waals surface area contributed by atoms with Crippen LogP contribution in [0, 0.1) is 5.82 Å². The second-order valence-electron chi connectivity index (χ2n) is 6.92. The zero-order chi connectivity index (χ0) is 23.3. The van der Waals surface area contributed by atoms with Gasteiger partial charge in [-0.05, 0) is 24.3 Å². The number of nitrogens with zero attached hydrogens (tertiary/aromatic N) is 3. The maximum absolute atomic E-state index is 13.9. The number of piperazine rings is 1. The van der Waals surface area contributed by atoms with Crippen LogP contribution in [0.5, 0.6) is 0 Å². The van der Waals surface area contributed by atoms with Crippen LogP contribution in [-0.4, -0.2) is 75.9 Å². The summed E-state index contributed by atoms with van der Waals surface area (Å²) in [6, 6.07) is 13.3. The van der Waals surface area contributed by atoms with Crippen molar-refractivity contribution in [2.75, 3.05) is 26.2 Å². The van der Waals surface area contributed by atoms with E-state index in [0.29, 0.717) is 32.7 Å². The van der Waals surface area contributed by atoms with Crippen molar-refractivity contribution < 1.29 is 32.6 Å². The van der Waals surface area contributed by atoms with Gasteiger partial charge in [0.2, 0.25) is 10.0 Å². The number of para-hydroxylation sites is 2. The molecule has 2 aromatic carbocycles. The van der Waals surface area contributed by atoms with Gasteiger partial charge in [0.25, 0.3) is 0 Å². The number of rotatable bonds is 4. The third-order valence-electron chi connectivity index (χ3n) is 4.78. The number of aliphatic carboxylic acids is 2. The third kappa shape index (κ3) is 5.46. The summed E-state index contributed by atoms with van der Waals surface area (Å²) >= 11 is 0. The first-order valence-electron chi connectivity index (χ1n) is 9.55. The topological polar surface area (TPSA) is 144 Å². The van der Waals surface area contributed by atoms with Gasteiger partial charge in [0.1, 0.15) is 16.5 Å². The summed E-state index contributed by atoms with van der Waals surface area (Å²) in [6.45, 7) is 2.44. The molecule has 1 saturated heterocycles. The molecule has 1 aliphatic heterocycles. The number of nitrogens with one attached hydrogen (secondary N) is 1. The Balaban J connectivity index is 0.000000427. The molecule has 0 unspecified atom stereocenters. The minimum Gasteiger partial charge on any atom is -0.473 e. The average molecular weight is 464 g/mol. The van der Waals surface area contributed by atoms with Gasteiger partial charge in [-0.25, -0.2) is 27.4 Å². The lowest BCUT2D eigenvalue weighted by Crippen LogP contribution is -2.48. The minimum atomic E-state index is -3.80. The number of carbonyl (C=O) groups is 2. The highest BCUT2D eigenvalue weighted by Gasteiger charge is 2.30. The Morgan fingerprint density at radius 1 is 0.969 bits per heavy atom. The number of halogens is 1. The molecule has 0 saturated carbocycles. The number of aromatic amines is 1. The molecule has 10 nitrogen and oxygen atoms in total. The van der Waals surface area contributed by atoms with Gasteiger partial charge in [-0.15, -0.1) is 0 Å². The summed E-state index contributed by atoms with van der Waals surface area (Å²) in [7, 11) is -3.80. The fourth-order valence-corrected chi connectivity index (χ4v) is 4.70. The molecule has 12 heteroatoms. The van der Waals surface area contributed by atoms with E-state index in [4.69, 9.17) is 19.8 Å². The van der Waals surface area contributed by atoms with Gasteiger partial charge in [0.05, 0.1) is 17.6 Å². The van der Waals surface area contributed by atoms with E-state index in [-0.39, 0.29) is 4.90 Å². The van der Waals surface area contributed by atoms with Crippen LogP contribution in [0.2, 0.25) is 0 Å². The van der Waals surface area contributed by atoms with Crippen LogP contribution in [0.4, 0.5) is 4.39 Å². The van der Waals surface area contributed by atoms with Gasteiger partial charge in [-0.3, -0.25) is 4.90 Å². The number of carboxylic acids is 2. The zero-order valence-electron chi connectivity index (χ0n) is 16.8. The molecule has 0 aliphatic carbocycles. The quantitative estimate of drug-likeness (QED) is 0.491. The Morgan fingerprint density at radius 2 is 1.56 bits per heavy atom. The van der Waals surface area contributed by atoms with Gasteiger partial charge in [0.15, 0.2) is 0 Å². The van der Waals surface area contributed by atoms with E-state index in [1.807, 2.05) is 24.3 Å². The van der Waals surface area contributed by atoms with E-state index in [0.717, 1.165) is 16.9 Å². The molecule has 170 valence electrons. The number of hydrogen-bond acceptors (Lipinski definition) is 6. The third-order valence-corrected chi connectivity index (χ3v) is 6.71. The number of carboxylic acid groups (broad SMARTS) is 2. The van der Waals surface area contributed by atoms with E-state index in [9.17, 15) is 12.8 Å². The second-order valence-corrected chi connectivity index (χ2v) is 8.83. The van der Waals surface area contributed by atoms with E-state index < -0.39 is 27.8 Å². The molecule has 4 rings (SSSR count). The predicted molar refractivity (Wildman–Crippen MR) is 112 cm³/mol. The fraction of sp³-hybridized carbons (Fsp3) is 0.250. The lowest BCUT2D eigenvalue weighted by molar-refractivity contribution is -0.159. The summed E-state index contributed by atoms with van der Waals surface area (Å²) in [5.74, 6) is -3.50. The van der Waals surface area contributed by atoms with Crippen molar-refractivity contribution in [3.8, 4) is 0 Å². The fourth-order valence-electron chi connectivity index (χ4n) is 3.21. The smallest absolute Gasteiger partial charge is 0.414 e. The molecule has 1 aromatic heterocycles. The normalized spacial score (nSPS) is 15.2. The molecule has 3 aromatic rings. The Morgan fingerprint density at radius 3 is 2.16 bits per heavy atom. The van der Waals surface area contributed by atoms with E-state index >= 15 is 0 Å². The lowest BCUT2D eigenvalue weighted by Gasteiger charge is -2.33. The number of imidazole rings is 1. The van der Waals surface area contributed by atoms with Crippen molar-refractivity contribution in [1.82, 2.24) is 19.2 Å². The molecule has 1 aliphatic rings. The van der Waals surface area contributed by atoms with Gasteiger partial charge < -0.3 is 15.2 Å². The Labute approximate surface area is 183 Å². The van der Waals surface area contributed by atoms with E-state index in [2.05, 4.69) is 14.9 Å². The maximum Gasteiger partial charge on any atom is 0.414 e. The van der Waals surface area contributed by atoms with Crippen LogP contribution in [0.3, 0.4) is 0 Å². The SMILES string of the molecule is O=C(O)C(=O)O.O=S(=O)(c1ccccc1F)N1CCN(Cc2nc3ccccc3[nH]2)CC1. The molecule has 32 heavy (non-hydrogen) atoms. The van der Waals surface area contributed by atoms with Crippen molar-refractivity contribution in [1.29, 1.82) is 0 Å². The monoisotopic (exact) mass is 464 g/mol.